The molecule has 7 heteroatoms. The van der Waals surface area contributed by atoms with E-state index in [1.165, 1.54) is 5.57 Å². The normalized spacial score (nSPS) is 20.1. The lowest BCUT2D eigenvalue weighted by atomic mass is 9.97. The minimum absolute atomic E-state index is 0.0378. The van der Waals surface area contributed by atoms with Crippen LogP contribution in [0.3, 0.4) is 0 Å². The van der Waals surface area contributed by atoms with Gasteiger partial charge in [-0.15, -0.1) is 5.54 Å². The predicted octanol–water partition coefficient (Wildman–Crippen LogP) is 6.86. The molecule has 0 aliphatic carbocycles. The van der Waals surface area contributed by atoms with Crippen molar-refractivity contribution < 1.29 is 8.85 Å². The second kappa shape index (κ2) is 8.34. The summed E-state index contributed by atoms with van der Waals surface area (Å²) in [6, 6.07) is 0.138. The fraction of sp³-hybridized carbons (Fsp3) is 0.818. The summed E-state index contributed by atoms with van der Waals surface area (Å²) in [5, 5.41) is 0.184. The highest BCUT2D eigenvalue weighted by Gasteiger charge is 2.50. The third-order valence-corrected chi connectivity index (χ3v) is 13.6. The summed E-state index contributed by atoms with van der Waals surface area (Å²) in [4.78, 5) is 0. The van der Waals surface area contributed by atoms with E-state index in [0.717, 1.165) is 5.88 Å². The van der Waals surface area contributed by atoms with Crippen LogP contribution in [0.25, 0.3) is 0 Å². The average Bonchev–Trinajstić information content (AvgIpc) is 2.35. The van der Waals surface area contributed by atoms with Crippen LogP contribution < -0.4 is 0 Å². The third kappa shape index (κ3) is 7.13. The summed E-state index contributed by atoms with van der Waals surface area (Å²) < 4.78 is 16.0. The topological polar surface area (TPSA) is 21.7 Å². The van der Waals surface area contributed by atoms with Crippen LogP contribution in [-0.4, -0.2) is 49.7 Å². The maximum Gasteiger partial charge on any atom is 0.244 e. The van der Waals surface area contributed by atoms with Gasteiger partial charge in [0.25, 0.3) is 0 Å². The predicted molar refractivity (Wildman–Crippen MR) is 139 cm³/mol. The highest BCUT2D eigenvalue weighted by atomic mass is 28.4. The lowest BCUT2D eigenvalue weighted by molar-refractivity contribution is 0.153. The summed E-state index contributed by atoms with van der Waals surface area (Å²) in [7, 11) is -6.73. The third-order valence-electron chi connectivity index (χ3n) is 5.44. The molecule has 0 saturated heterocycles. The molecule has 0 saturated carbocycles. The largest absolute Gasteiger partial charge is 0.533 e. The van der Waals surface area contributed by atoms with Gasteiger partial charge in [-0.25, -0.2) is 0 Å². The molecule has 3 nitrogen and oxygen atoms in total. The van der Waals surface area contributed by atoms with Crippen molar-refractivity contribution in [2.45, 2.75) is 117 Å². The highest BCUT2D eigenvalue weighted by Crippen LogP contribution is 2.44. The van der Waals surface area contributed by atoms with Crippen molar-refractivity contribution in [3.8, 4) is 11.5 Å². The first-order valence-electron chi connectivity index (χ1n) is 11.0. The minimum Gasteiger partial charge on any atom is -0.533 e. The lowest BCUT2D eigenvalue weighted by Crippen LogP contribution is -2.62. The molecule has 0 N–H and O–H groups in total. The number of nitrogens with zero attached hydrogens (tertiary/aromatic N) is 1. The number of hydrogen-bond acceptors (Lipinski definition) is 3. The molecule has 1 aliphatic heterocycles. The Kier molecular flexibility index (Phi) is 7.70. The quantitative estimate of drug-likeness (QED) is 0.313. The van der Waals surface area contributed by atoms with Gasteiger partial charge >= 0.3 is 0 Å². The molecule has 168 valence electrons. The van der Waals surface area contributed by atoms with Crippen LogP contribution >= 0.6 is 0 Å². The number of rotatable bonds is 6. The summed E-state index contributed by atoms with van der Waals surface area (Å²) >= 11 is 0. The molecular formula is C22H47NO2Si4. The van der Waals surface area contributed by atoms with Crippen molar-refractivity contribution in [2.24, 2.45) is 0 Å². The number of hydrogen-bond donors (Lipinski definition) is 0. The molecule has 0 aromatic heterocycles. The van der Waals surface area contributed by atoms with Crippen molar-refractivity contribution in [2.75, 3.05) is 0 Å². The monoisotopic (exact) mass is 469 g/mol. The SMILES string of the molecule is C[C@@H](O[Si](C)(C)C(C)(C)C)C1=C(O[Si](C)(C)C)N([Si](C)(C)C)[C@@H]1C#C[Si](C)(C)C. The Hall–Kier alpha value is -0.272. The Balaban J connectivity index is 3.50. The van der Waals surface area contributed by atoms with E-state index >= 15 is 0 Å². The van der Waals surface area contributed by atoms with Gasteiger partial charge < -0.3 is 13.4 Å². The van der Waals surface area contributed by atoms with E-state index in [0.29, 0.717) is 0 Å². The molecular weight excluding hydrogens is 423 g/mol. The van der Waals surface area contributed by atoms with E-state index < -0.39 is 32.9 Å². The van der Waals surface area contributed by atoms with Crippen LogP contribution in [0, 0.1) is 11.5 Å². The molecule has 0 spiro atoms. The van der Waals surface area contributed by atoms with E-state index in [1.54, 1.807) is 0 Å². The molecule has 0 fully saturated rings. The Bertz CT molecular complexity index is 692. The van der Waals surface area contributed by atoms with Gasteiger partial charge in [-0.3, -0.25) is 0 Å². The highest BCUT2D eigenvalue weighted by molar-refractivity contribution is 6.84. The van der Waals surface area contributed by atoms with Gasteiger partial charge in [0.05, 0.1) is 6.10 Å². The zero-order valence-corrected chi connectivity index (χ0v) is 25.9. The van der Waals surface area contributed by atoms with Crippen LogP contribution in [0.4, 0.5) is 0 Å². The van der Waals surface area contributed by atoms with Crippen LogP contribution in [0.1, 0.15) is 27.7 Å². The summed E-state index contributed by atoms with van der Waals surface area (Å²) in [5.74, 6) is 4.76. The molecule has 1 heterocycles. The zero-order chi connectivity index (χ0) is 23.2. The standard InChI is InChI=1S/C22H47NO2Si4/c1-18(24-29(14,15)22(2,3)4)20-19(16-17-26(5,6)7)23(27(8,9)10)21(20)25-28(11,12)13/h18-19H,1-15H3/t18-,19-/m1/s1. The summed E-state index contributed by atoms with van der Waals surface area (Å²) in [5.41, 5.74) is 4.92. The second-order valence-corrected chi connectivity index (χ2v) is 31.7. The van der Waals surface area contributed by atoms with Gasteiger partial charge in [-0.2, -0.15) is 0 Å². The van der Waals surface area contributed by atoms with Gasteiger partial charge in [0.1, 0.15) is 14.1 Å². The lowest BCUT2D eigenvalue weighted by Gasteiger charge is -2.54. The van der Waals surface area contributed by atoms with Crippen molar-refractivity contribution >= 4 is 32.9 Å². The molecule has 0 radical (unpaired) electrons. The fourth-order valence-electron chi connectivity index (χ4n) is 3.04. The summed E-state index contributed by atoms with van der Waals surface area (Å²) in [6.07, 6.45) is 0.0378. The van der Waals surface area contributed by atoms with Crippen molar-refractivity contribution in [3.05, 3.63) is 11.5 Å². The smallest absolute Gasteiger partial charge is 0.244 e. The van der Waals surface area contributed by atoms with E-state index in [-0.39, 0.29) is 17.2 Å². The maximum atomic E-state index is 6.82. The van der Waals surface area contributed by atoms with Gasteiger partial charge in [0.15, 0.2) is 22.4 Å². The van der Waals surface area contributed by atoms with Crippen molar-refractivity contribution in [1.29, 1.82) is 0 Å². The Morgan fingerprint density at radius 2 is 1.38 bits per heavy atom. The average molecular weight is 470 g/mol. The summed E-state index contributed by atoms with van der Waals surface area (Å²) in [6.45, 7) is 34.7. The van der Waals surface area contributed by atoms with Crippen LogP contribution in [0.2, 0.25) is 77.1 Å². The molecule has 29 heavy (non-hydrogen) atoms. The van der Waals surface area contributed by atoms with Gasteiger partial charge in [-0.1, -0.05) is 66.0 Å². The van der Waals surface area contributed by atoms with Crippen LogP contribution in [-0.2, 0) is 8.85 Å². The van der Waals surface area contributed by atoms with Crippen molar-refractivity contribution in [1.82, 2.24) is 4.57 Å². The second-order valence-electron chi connectivity index (χ2n) is 13.0. The molecule has 0 aromatic rings. The van der Waals surface area contributed by atoms with E-state index in [9.17, 15) is 0 Å². The Morgan fingerprint density at radius 3 is 1.72 bits per heavy atom. The van der Waals surface area contributed by atoms with Gasteiger partial charge in [0, 0.05) is 5.57 Å². The molecule has 2 atom stereocenters. The van der Waals surface area contributed by atoms with Crippen LogP contribution in [0.5, 0.6) is 0 Å². The van der Waals surface area contributed by atoms with Crippen LogP contribution in [0.15, 0.2) is 11.5 Å². The molecule has 1 aliphatic rings. The molecule has 0 unspecified atom stereocenters. The molecule has 0 aromatic carbocycles. The van der Waals surface area contributed by atoms with Gasteiger partial charge in [-0.05, 0) is 44.7 Å². The minimum atomic E-state index is -1.88. The first kappa shape index (κ1) is 26.8. The Labute approximate surface area is 186 Å². The molecule has 0 bridgehead atoms. The fourth-order valence-corrected chi connectivity index (χ4v) is 7.63. The Morgan fingerprint density at radius 1 is 0.897 bits per heavy atom. The zero-order valence-electron chi connectivity index (χ0n) is 21.9. The van der Waals surface area contributed by atoms with E-state index in [1.807, 2.05) is 0 Å². The van der Waals surface area contributed by atoms with Gasteiger partial charge in [0.2, 0.25) is 8.32 Å². The van der Waals surface area contributed by atoms with E-state index in [2.05, 4.69) is 116 Å². The first-order chi connectivity index (χ1) is 12.6. The maximum absolute atomic E-state index is 6.82. The van der Waals surface area contributed by atoms with Crippen molar-refractivity contribution in [3.63, 3.8) is 0 Å². The van der Waals surface area contributed by atoms with E-state index in [4.69, 9.17) is 8.85 Å². The molecule has 1 rings (SSSR count). The molecule has 0 amide bonds. The first-order valence-corrected chi connectivity index (χ1v) is 24.3.